The summed E-state index contributed by atoms with van der Waals surface area (Å²) in [7, 11) is 0. The number of carbonyl (C=O) groups excluding carboxylic acids is 2. The highest BCUT2D eigenvalue weighted by Crippen LogP contribution is 2.66. The molecule has 0 radical (unpaired) electrons. The zero-order valence-corrected chi connectivity index (χ0v) is 16.1. The normalized spacial score (nSPS) is 48.2. The molecular formula is C23H30O2. The van der Waals surface area contributed by atoms with Crippen molar-refractivity contribution >= 4 is 11.6 Å². The van der Waals surface area contributed by atoms with Gasteiger partial charge in [0.25, 0.3) is 0 Å². The quantitative estimate of drug-likeness (QED) is 0.680. The summed E-state index contributed by atoms with van der Waals surface area (Å²) in [5, 5.41) is 0. The Balaban J connectivity index is 1.80. The van der Waals surface area contributed by atoms with Crippen LogP contribution in [0.2, 0.25) is 0 Å². The summed E-state index contributed by atoms with van der Waals surface area (Å²) < 4.78 is 0. The van der Waals surface area contributed by atoms with Crippen LogP contribution in [0.5, 0.6) is 0 Å². The number of ketones is 2. The second-order valence-electron chi connectivity index (χ2n) is 9.56. The lowest BCUT2D eigenvalue weighted by Gasteiger charge is -2.55. The van der Waals surface area contributed by atoms with Gasteiger partial charge in [0.1, 0.15) is 5.78 Å². The van der Waals surface area contributed by atoms with E-state index in [9.17, 15) is 9.59 Å². The number of allylic oxidation sites excluding steroid dienone is 6. The summed E-state index contributed by atoms with van der Waals surface area (Å²) >= 11 is 0. The van der Waals surface area contributed by atoms with E-state index in [4.69, 9.17) is 0 Å². The highest BCUT2D eigenvalue weighted by atomic mass is 16.1. The van der Waals surface area contributed by atoms with Gasteiger partial charge in [0.2, 0.25) is 0 Å². The fraction of sp³-hybridized carbons (Fsp3) is 0.652. The van der Waals surface area contributed by atoms with Crippen molar-refractivity contribution in [3.05, 3.63) is 35.5 Å². The van der Waals surface area contributed by atoms with Gasteiger partial charge in [-0.3, -0.25) is 9.59 Å². The standard InChI is InChI=1S/C23H30O2/c1-13-10-17-18(22(4)8-6-16(25)12-19(13)22)7-9-23(5)20(17)11-14(2)21(23)15(3)24/h6,8,10,12,14,17-18,20-21H,7,9,11H2,1-5H3/t14?,17-,18+,20+,21-,22-,23+/m1/s1. The molecular weight excluding hydrogens is 308 g/mol. The van der Waals surface area contributed by atoms with Crippen molar-refractivity contribution < 1.29 is 9.59 Å². The minimum absolute atomic E-state index is 0.0315. The highest BCUT2D eigenvalue weighted by Gasteiger charge is 2.60. The van der Waals surface area contributed by atoms with Gasteiger partial charge >= 0.3 is 0 Å². The lowest BCUT2D eigenvalue weighted by atomic mass is 9.48. The lowest BCUT2D eigenvalue weighted by Crippen LogP contribution is -2.49. The van der Waals surface area contributed by atoms with E-state index in [1.54, 1.807) is 13.0 Å². The summed E-state index contributed by atoms with van der Waals surface area (Å²) in [6.45, 7) is 10.9. The Kier molecular flexibility index (Phi) is 3.59. The van der Waals surface area contributed by atoms with Gasteiger partial charge in [0.15, 0.2) is 5.78 Å². The summed E-state index contributed by atoms with van der Waals surface area (Å²) in [4.78, 5) is 24.3. The van der Waals surface area contributed by atoms with E-state index in [2.05, 4.69) is 39.8 Å². The van der Waals surface area contributed by atoms with E-state index >= 15 is 0 Å². The Hall–Kier alpha value is -1.44. The molecule has 0 spiro atoms. The second kappa shape index (κ2) is 5.28. The molecule has 25 heavy (non-hydrogen) atoms. The van der Waals surface area contributed by atoms with Crippen molar-refractivity contribution in [1.82, 2.24) is 0 Å². The van der Waals surface area contributed by atoms with Crippen molar-refractivity contribution in [1.29, 1.82) is 0 Å². The van der Waals surface area contributed by atoms with E-state index in [1.165, 1.54) is 11.1 Å². The van der Waals surface area contributed by atoms with Gasteiger partial charge in [-0.05, 0) is 79.9 Å². The van der Waals surface area contributed by atoms with E-state index in [-0.39, 0.29) is 22.5 Å². The molecule has 1 unspecified atom stereocenters. The Labute approximate surface area is 151 Å². The van der Waals surface area contributed by atoms with Crippen LogP contribution in [0.25, 0.3) is 0 Å². The van der Waals surface area contributed by atoms with Gasteiger partial charge in [0, 0.05) is 11.3 Å². The predicted octanol–water partition coefficient (Wildman–Crippen LogP) is 4.91. The van der Waals surface area contributed by atoms with E-state index in [0.29, 0.717) is 29.5 Å². The third kappa shape index (κ3) is 2.15. The molecule has 0 bridgehead atoms. The summed E-state index contributed by atoms with van der Waals surface area (Å²) in [5.41, 5.74) is 2.59. The summed E-state index contributed by atoms with van der Waals surface area (Å²) in [5.74, 6) is 2.82. The van der Waals surface area contributed by atoms with E-state index in [0.717, 1.165) is 19.3 Å². The van der Waals surface area contributed by atoms with Crippen LogP contribution in [0.1, 0.15) is 53.9 Å². The van der Waals surface area contributed by atoms with Crippen LogP contribution >= 0.6 is 0 Å². The number of carbonyl (C=O) groups is 2. The van der Waals surface area contributed by atoms with Crippen molar-refractivity contribution in [2.75, 3.05) is 0 Å². The fourth-order valence-corrected chi connectivity index (χ4v) is 7.29. The number of Topliss-reactive ketones (excluding diaryl/α,β-unsaturated/α-hetero) is 1. The van der Waals surface area contributed by atoms with E-state index < -0.39 is 0 Å². The summed E-state index contributed by atoms with van der Waals surface area (Å²) in [6, 6.07) is 0. The average molecular weight is 338 g/mol. The molecule has 0 N–H and O–H groups in total. The predicted molar refractivity (Wildman–Crippen MR) is 99.9 cm³/mol. The largest absolute Gasteiger partial charge is 0.300 e. The van der Waals surface area contributed by atoms with Crippen molar-refractivity contribution in [2.45, 2.75) is 53.9 Å². The second-order valence-corrected chi connectivity index (χ2v) is 9.56. The molecule has 0 amide bonds. The minimum Gasteiger partial charge on any atom is -0.300 e. The number of fused-ring (bicyclic) bond motifs is 5. The van der Waals surface area contributed by atoms with Crippen LogP contribution < -0.4 is 0 Å². The zero-order valence-electron chi connectivity index (χ0n) is 16.1. The first-order chi connectivity index (χ1) is 11.7. The van der Waals surface area contributed by atoms with Crippen LogP contribution in [-0.4, -0.2) is 11.6 Å². The van der Waals surface area contributed by atoms with Crippen LogP contribution in [0.15, 0.2) is 35.5 Å². The molecule has 7 atom stereocenters. The first kappa shape index (κ1) is 17.0. The third-order valence-corrected chi connectivity index (χ3v) is 8.21. The lowest BCUT2D eigenvalue weighted by molar-refractivity contribution is -0.127. The Morgan fingerprint density at radius 2 is 1.96 bits per heavy atom. The highest BCUT2D eigenvalue weighted by molar-refractivity contribution is 6.01. The first-order valence-corrected chi connectivity index (χ1v) is 9.83. The molecule has 0 aromatic heterocycles. The molecule has 0 aromatic carbocycles. The molecule has 4 aliphatic rings. The topological polar surface area (TPSA) is 34.1 Å². The Morgan fingerprint density at radius 3 is 2.64 bits per heavy atom. The molecule has 0 aromatic rings. The molecule has 2 nitrogen and oxygen atoms in total. The molecule has 0 heterocycles. The Morgan fingerprint density at radius 1 is 1.24 bits per heavy atom. The molecule has 4 aliphatic carbocycles. The minimum atomic E-state index is -0.0315. The van der Waals surface area contributed by atoms with Crippen LogP contribution in [0, 0.1) is 40.4 Å². The first-order valence-electron chi connectivity index (χ1n) is 9.83. The molecule has 134 valence electrons. The zero-order chi connectivity index (χ0) is 18.1. The fourth-order valence-electron chi connectivity index (χ4n) is 7.29. The molecule has 2 saturated carbocycles. The SMILES string of the molecule is CC(=O)[C@H]1C(C)C[C@H]2[C@@H]3C=C(C)C4=CC(=O)C=C[C@]4(C)[C@H]3CC[C@]12C. The van der Waals surface area contributed by atoms with Crippen LogP contribution in [-0.2, 0) is 9.59 Å². The molecule has 0 aliphatic heterocycles. The van der Waals surface area contributed by atoms with Gasteiger partial charge < -0.3 is 0 Å². The smallest absolute Gasteiger partial charge is 0.178 e. The van der Waals surface area contributed by atoms with Gasteiger partial charge in [0.05, 0.1) is 0 Å². The molecule has 0 saturated heterocycles. The molecule has 2 fully saturated rings. The summed E-state index contributed by atoms with van der Waals surface area (Å²) in [6.07, 6.45) is 11.7. The number of rotatable bonds is 1. The monoisotopic (exact) mass is 338 g/mol. The third-order valence-electron chi connectivity index (χ3n) is 8.21. The number of hydrogen-bond donors (Lipinski definition) is 0. The van der Waals surface area contributed by atoms with Gasteiger partial charge in [-0.15, -0.1) is 0 Å². The average Bonchev–Trinajstić information content (AvgIpc) is 2.80. The van der Waals surface area contributed by atoms with Gasteiger partial charge in [-0.2, -0.15) is 0 Å². The number of hydrogen-bond acceptors (Lipinski definition) is 2. The molecule has 4 rings (SSSR count). The molecule has 2 heteroatoms. The van der Waals surface area contributed by atoms with Gasteiger partial charge in [-0.1, -0.05) is 38.5 Å². The Bertz CT molecular complexity index is 739. The van der Waals surface area contributed by atoms with E-state index in [1.807, 2.05) is 6.08 Å². The van der Waals surface area contributed by atoms with Crippen molar-refractivity contribution in [3.63, 3.8) is 0 Å². The maximum Gasteiger partial charge on any atom is 0.178 e. The van der Waals surface area contributed by atoms with Crippen LogP contribution in [0.3, 0.4) is 0 Å². The van der Waals surface area contributed by atoms with Gasteiger partial charge in [-0.25, -0.2) is 0 Å². The maximum absolute atomic E-state index is 12.4. The van der Waals surface area contributed by atoms with Crippen molar-refractivity contribution in [3.8, 4) is 0 Å². The maximum atomic E-state index is 12.4. The van der Waals surface area contributed by atoms with Crippen LogP contribution in [0.4, 0.5) is 0 Å². The van der Waals surface area contributed by atoms with Crippen molar-refractivity contribution in [2.24, 2.45) is 40.4 Å².